The average Bonchev–Trinajstić information content (AvgIpc) is 2.34. The molecule has 0 aliphatic rings. The molecule has 1 aromatic heterocycles. The molecule has 0 saturated heterocycles. The summed E-state index contributed by atoms with van der Waals surface area (Å²) in [7, 11) is 1.82. The average molecular weight is 167 g/mol. The van der Waals surface area contributed by atoms with Gasteiger partial charge in [0.05, 0.1) is 11.8 Å². The zero-order valence-corrected chi connectivity index (χ0v) is 7.59. The Kier molecular flexibility index (Phi) is 2.47. The first-order valence-electron chi connectivity index (χ1n) is 3.93. The fourth-order valence-corrected chi connectivity index (χ4v) is 0.977. The van der Waals surface area contributed by atoms with E-state index in [0.29, 0.717) is 12.1 Å². The molecule has 4 nitrogen and oxygen atoms in total. The van der Waals surface area contributed by atoms with Crippen molar-refractivity contribution < 1.29 is 4.79 Å². The van der Waals surface area contributed by atoms with Crippen LogP contribution < -0.4 is 5.32 Å². The summed E-state index contributed by atoms with van der Waals surface area (Å²) in [6.07, 6.45) is 1.58. The third-order valence-corrected chi connectivity index (χ3v) is 1.82. The SMILES string of the molecule is CCNC(=O)c1cnn(C)c1C. The second kappa shape index (κ2) is 3.38. The molecule has 12 heavy (non-hydrogen) atoms. The van der Waals surface area contributed by atoms with E-state index in [1.807, 2.05) is 20.9 Å². The minimum Gasteiger partial charge on any atom is -0.352 e. The number of amides is 1. The summed E-state index contributed by atoms with van der Waals surface area (Å²) in [5, 5.41) is 6.70. The van der Waals surface area contributed by atoms with E-state index in [0.717, 1.165) is 5.69 Å². The molecule has 0 unspecified atom stereocenters. The van der Waals surface area contributed by atoms with Gasteiger partial charge < -0.3 is 5.32 Å². The minimum atomic E-state index is -0.0527. The Labute approximate surface area is 71.6 Å². The first kappa shape index (κ1) is 8.77. The third-order valence-electron chi connectivity index (χ3n) is 1.82. The molecule has 0 bridgehead atoms. The zero-order valence-electron chi connectivity index (χ0n) is 7.59. The second-order valence-corrected chi connectivity index (χ2v) is 2.63. The number of hydrogen-bond donors (Lipinski definition) is 1. The lowest BCUT2D eigenvalue weighted by Crippen LogP contribution is -2.23. The van der Waals surface area contributed by atoms with Crippen LogP contribution in [-0.4, -0.2) is 22.2 Å². The Bertz CT molecular complexity index is 290. The van der Waals surface area contributed by atoms with Crippen molar-refractivity contribution >= 4 is 5.91 Å². The molecule has 0 aromatic carbocycles. The maximum atomic E-state index is 11.3. The van der Waals surface area contributed by atoms with E-state index >= 15 is 0 Å². The first-order chi connectivity index (χ1) is 5.66. The van der Waals surface area contributed by atoms with Gasteiger partial charge in [-0.15, -0.1) is 0 Å². The van der Waals surface area contributed by atoms with Gasteiger partial charge >= 0.3 is 0 Å². The van der Waals surface area contributed by atoms with Gasteiger partial charge in [0.15, 0.2) is 0 Å². The standard InChI is InChI=1S/C8H13N3O/c1-4-9-8(12)7-5-10-11(3)6(7)2/h5H,4H2,1-3H3,(H,9,12). The maximum Gasteiger partial charge on any atom is 0.254 e. The highest BCUT2D eigenvalue weighted by molar-refractivity contribution is 5.94. The molecule has 1 rings (SSSR count). The Morgan fingerprint density at radius 3 is 2.83 bits per heavy atom. The molecular weight excluding hydrogens is 154 g/mol. The van der Waals surface area contributed by atoms with Crippen LogP contribution in [0.5, 0.6) is 0 Å². The molecule has 0 fully saturated rings. The van der Waals surface area contributed by atoms with Crippen LogP contribution in [0.1, 0.15) is 23.0 Å². The van der Waals surface area contributed by atoms with Crippen LogP contribution >= 0.6 is 0 Å². The van der Waals surface area contributed by atoms with Crippen molar-refractivity contribution in [2.75, 3.05) is 6.54 Å². The van der Waals surface area contributed by atoms with Gasteiger partial charge in [0.2, 0.25) is 0 Å². The van der Waals surface area contributed by atoms with Crippen LogP contribution in [0.2, 0.25) is 0 Å². The molecular formula is C8H13N3O. The Morgan fingerprint density at radius 2 is 2.42 bits per heavy atom. The summed E-state index contributed by atoms with van der Waals surface area (Å²) in [5.74, 6) is -0.0527. The van der Waals surface area contributed by atoms with E-state index in [1.54, 1.807) is 10.9 Å². The van der Waals surface area contributed by atoms with Crippen molar-refractivity contribution in [1.82, 2.24) is 15.1 Å². The fraction of sp³-hybridized carbons (Fsp3) is 0.500. The molecule has 0 saturated carbocycles. The van der Waals surface area contributed by atoms with Crippen molar-refractivity contribution in [2.45, 2.75) is 13.8 Å². The topological polar surface area (TPSA) is 46.9 Å². The Morgan fingerprint density at radius 1 is 1.75 bits per heavy atom. The van der Waals surface area contributed by atoms with Crippen molar-refractivity contribution in [3.05, 3.63) is 17.5 Å². The Hall–Kier alpha value is -1.32. The van der Waals surface area contributed by atoms with E-state index in [4.69, 9.17) is 0 Å². The van der Waals surface area contributed by atoms with Crippen molar-refractivity contribution in [1.29, 1.82) is 0 Å². The molecule has 0 radical (unpaired) electrons. The Balaban J connectivity index is 2.88. The molecule has 0 spiro atoms. The van der Waals surface area contributed by atoms with Crippen LogP contribution in [0, 0.1) is 6.92 Å². The van der Waals surface area contributed by atoms with Crippen LogP contribution in [-0.2, 0) is 7.05 Å². The first-order valence-corrected chi connectivity index (χ1v) is 3.93. The molecule has 0 aliphatic heterocycles. The van der Waals surface area contributed by atoms with Gasteiger partial charge in [-0.1, -0.05) is 0 Å². The van der Waals surface area contributed by atoms with Crippen molar-refractivity contribution in [3.8, 4) is 0 Å². The van der Waals surface area contributed by atoms with E-state index in [1.165, 1.54) is 0 Å². The van der Waals surface area contributed by atoms with Crippen LogP contribution in [0.25, 0.3) is 0 Å². The lowest BCUT2D eigenvalue weighted by atomic mass is 10.2. The number of carbonyl (C=O) groups is 1. The highest BCUT2D eigenvalue weighted by Crippen LogP contribution is 2.04. The highest BCUT2D eigenvalue weighted by Gasteiger charge is 2.10. The molecule has 1 aromatic rings. The molecule has 0 aliphatic carbocycles. The lowest BCUT2D eigenvalue weighted by molar-refractivity contribution is 0.0955. The number of aromatic nitrogens is 2. The summed E-state index contributed by atoms with van der Waals surface area (Å²) >= 11 is 0. The van der Waals surface area contributed by atoms with Gasteiger partial charge in [0.1, 0.15) is 0 Å². The minimum absolute atomic E-state index is 0.0527. The number of hydrogen-bond acceptors (Lipinski definition) is 2. The van der Waals surface area contributed by atoms with Gasteiger partial charge in [0, 0.05) is 19.3 Å². The summed E-state index contributed by atoms with van der Waals surface area (Å²) in [6.45, 7) is 4.41. The highest BCUT2D eigenvalue weighted by atomic mass is 16.1. The predicted molar refractivity (Wildman–Crippen MR) is 46.0 cm³/mol. The van der Waals surface area contributed by atoms with E-state index < -0.39 is 0 Å². The smallest absolute Gasteiger partial charge is 0.254 e. The number of nitrogens with zero attached hydrogens (tertiary/aromatic N) is 2. The summed E-state index contributed by atoms with van der Waals surface area (Å²) in [5.41, 5.74) is 1.54. The van der Waals surface area contributed by atoms with E-state index in [2.05, 4.69) is 10.4 Å². The van der Waals surface area contributed by atoms with Crippen LogP contribution in [0.15, 0.2) is 6.20 Å². The third kappa shape index (κ3) is 1.47. The van der Waals surface area contributed by atoms with Crippen molar-refractivity contribution in [2.24, 2.45) is 7.05 Å². The molecule has 4 heteroatoms. The number of aryl methyl sites for hydroxylation is 1. The monoisotopic (exact) mass is 167 g/mol. The van der Waals surface area contributed by atoms with Gasteiger partial charge in [-0.3, -0.25) is 9.48 Å². The van der Waals surface area contributed by atoms with Gasteiger partial charge in [-0.25, -0.2) is 0 Å². The zero-order chi connectivity index (χ0) is 9.14. The predicted octanol–water partition coefficient (Wildman–Crippen LogP) is 0.478. The molecule has 1 N–H and O–H groups in total. The number of carbonyl (C=O) groups excluding carboxylic acids is 1. The summed E-state index contributed by atoms with van der Waals surface area (Å²) < 4.78 is 1.69. The van der Waals surface area contributed by atoms with E-state index in [-0.39, 0.29) is 5.91 Å². The van der Waals surface area contributed by atoms with Crippen LogP contribution in [0.4, 0.5) is 0 Å². The van der Waals surface area contributed by atoms with Gasteiger partial charge in [0.25, 0.3) is 5.91 Å². The largest absolute Gasteiger partial charge is 0.352 e. The molecule has 1 heterocycles. The van der Waals surface area contributed by atoms with Crippen molar-refractivity contribution in [3.63, 3.8) is 0 Å². The number of rotatable bonds is 2. The normalized spacial score (nSPS) is 9.92. The maximum absolute atomic E-state index is 11.3. The second-order valence-electron chi connectivity index (χ2n) is 2.63. The van der Waals surface area contributed by atoms with Gasteiger partial charge in [-0.05, 0) is 13.8 Å². The van der Waals surface area contributed by atoms with E-state index in [9.17, 15) is 4.79 Å². The lowest BCUT2D eigenvalue weighted by Gasteiger charge is -2.00. The number of nitrogens with one attached hydrogen (secondary N) is 1. The summed E-state index contributed by atoms with van der Waals surface area (Å²) in [4.78, 5) is 11.3. The van der Waals surface area contributed by atoms with Crippen LogP contribution in [0.3, 0.4) is 0 Å². The molecule has 0 atom stereocenters. The molecule has 66 valence electrons. The van der Waals surface area contributed by atoms with Gasteiger partial charge in [-0.2, -0.15) is 5.10 Å². The fourth-order valence-electron chi connectivity index (χ4n) is 0.977. The molecule has 1 amide bonds. The quantitative estimate of drug-likeness (QED) is 0.696. The summed E-state index contributed by atoms with van der Waals surface area (Å²) in [6, 6.07) is 0.